The zero-order valence-electron chi connectivity index (χ0n) is 15.9. The number of amidine groups is 1. The number of nitriles is 1. The molecule has 1 atom stereocenters. The van der Waals surface area contributed by atoms with Crippen molar-refractivity contribution in [1.82, 2.24) is 0 Å². The topological polar surface area (TPSA) is 105 Å². The molecule has 1 aliphatic carbocycles. The molecule has 4 rings (SSSR count). The summed E-state index contributed by atoms with van der Waals surface area (Å²) in [4.78, 5) is 32.6. The molecule has 0 spiro atoms. The highest BCUT2D eigenvalue weighted by Crippen LogP contribution is 2.28. The second-order valence-corrected chi connectivity index (χ2v) is 6.44. The Labute approximate surface area is 172 Å². The van der Waals surface area contributed by atoms with Gasteiger partial charge in [-0.25, -0.2) is 9.79 Å². The van der Waals surface area contributed by atoms with E-state index in [4.69, 9.17) is 9.15 Å². The lowest BCUT2D eigenvalue weighted by atomic mass is 9.96. The van der Waals surface area contributed by atoms with Gasteiger partial charge in [-0.05, 0) is 24.3 Å². The van der Waals surface area contributed by atoms with Gasteiger partial charge in [0.1, 0.15) is 29.1 Å². The summed E-state index contributed by atoms with van der Waals surface area (Å²) in [5.74, 6) is -0.522. The highest BCUT2D eigenvalue weighted by Gasteiger charge is 2.27. The Bertz CT molecular complexity index is 1240. The van der Waals surface area contributed by atoms with E-state index in [0.29, 0.717) is 28.4 Å². The third-order valence-electron chi connectivity index (χ3n) is 4.59. The van der Waals surface area contributed by atoms with E-state index in [1.54, 1.807) is 60.7 Å². The van der Waals surface area contributed by atoms with E-state index in [2.05, 4.69) is 9.98 Å². The molecule has 146 valence electrons. The molecule has 1 unspecified atom stereocenters. The van der Waals surface area contributed by atoms with Gasteiger partial charge >= 0.3 is 5.97 Å². The quantitative estimate of drug-likeness (QED) is 0.577. The summed E-state index contributed by atoms with van der Waals surface area (Å²) in [7, 11) is 1.31. The molecule has 30 heavy (non-hydrogen) atoms. The smallest absolute Gasteiger partial charge is 0.338 e. The fraction of sp³-hybridized carbons (Fsp3) is 0.0870. The van der Waals surface area contributed by atoms with Crippen molar-refractivity contribution in [3.63, 3.8) is 0 Å². The average molecular weight is 397 g/mol. The number of hydrogen-bond acceptors (Lipinski definition) is 6. The van der Waals surface area contributed by atoms with Crippen molar-refractivity contribution in [2.24, 2.45) is 15.9 Å². The number of hydrogen-bond donors (Lipinski definition) is 0. The fourth-order valence-corrected chi connectivity index (χ4v) is 3.14. The van der Waals surface area contributed by atoms with Gasteiger partial charge in [0.15, 0.2) is 5.84 Å². The van der Waals surface area contributed by atoms with Gasteiger partial charge in [-0.3, -0.25) is 4.79 Å². The summed E-state index contributed by atoms with van der Waals surface area (Å²) in [6.07, 6.45) is 8.44. The maximum atomic E-state index is 12.3. The summed E-state index contributed by atoms with van der Waals surface area (Å²) in [5.41, 5.74) is 1.57. The highest BCUT2D eigenvalue weighted by molar-refractivity contribution is 6.26. The maximum absolute atomic E-state index is 12.3. The van der Waals surface area contributed by atoms with Gasteiger partial charge in [0.05, 0.1) is 18.4 Å². The van der Waals surface area contributed by atoms with Crippen LogP contribution in [0.15, 0.2) is 80.7 Å². The van der Waals surface area contributed by atoms with Gasteiger partial charge in [0.25, 0.3) is 5.91 Å². The number of fused-ring (bicyclic) bond motifs is 1. The lowest BCUT2D eigenvalue weighted by Crippen LogP contribution is -2.27. The van der Waals surface area contributed by atoms with Crippen LogP contribution in [0.5, 0.6) is 0 Å². The van der Waals surface area contributed by atoms with Gasteiger partial charge in [-0.1, -0.05) is 36.4 Å². The van der Waals surface area contributed by atoms with Crippen LogP contribution in [0, 0.1) is 17.2 Å². The minimum absolute atomic E-state index is 0.0432. The molecule has 0 fully saturated rings. The summed E-state index contributed by atoms with van der Waals surface area (Å²) in [6.45, 7) is 0. The molecule has 1 aromatic carbocycles. The number of esters is 1. The number of benzene rings is 1. The normalized spacial score (nSPS) is 17.7. The first-order chi connectivity index (χ1) is 14.6. The lowest BCUT2D eigenvalue weighted by Gasteiger charge is -2.17. The third-order valence-corrected chi connectivity index (χ3v) is 4.59. The van der Waals surface area contributed by atoms with Crippen LogP contribution in [0.1, 0.15) is 16.1 Å². The standard InChI is InChI=1S/C23H15N3O4/c1-29-23(28)17-7-3-2-6-16(17)20-11-10-15(30-20)12-14(13-24)21-25-19-9-5-4-8-18(19)22(27)26-21/h2-12,18H,1H3/b14-12+. The first-order valence-electron chi connectivity index (χ1n) is 9.06. The Morgan fingerprint density at radius 2 is 2.03 bits per heavy atom. The molecular formula is C23H15N3O4. The second-order valence-electron chi connectivity index (χ2n) is 6.44. The summed E-state index contributed by atoms with van der Waals surface area (Å²) in [5, 5.41) is 9.58. The van der Waals surface area contributed by atoms with E-state index in [-0.39, 0.29) is 17.3 Å². The molecule has 0 N–H and O–H groups in total. The van der Waals surface area contributed by atoms with Crippen LogP contribution in [0.4, 0.5) is 0 Å². The number of amides is 1. The minimum atomic E-state index is -0.510. The summed E-state index contributed by atoms with van der Waals surface area (Å²) in [6, 6.07) is 12.3. The highest BCUT2D eigenvalue weighted by atomic mass is 16.5. The average Bonchev–Trinajstić information content (AvgIpc) is 3.25. The fourth-order valence-electron chi connectivity index (χ4n) is 3.14. The number of carbonyl (C=O) groups is 2. The Balaban J connectivity index is 1.68. The summed E-state index contributed by atoms with van der Waals surface area (Å²) < 4.78 is 10.6. The molecule has 2 aromatic rings. The minimum Gasteiger partial charge on any atom is -0.465 e. The van der Waals surface area contributed by atoms with Crippen LogP contribution in [-0.4, -0.2) is 30.5 Å². The molecule has 2 heterocycles. The number of allylic oxidation sites excluding steroid dienone is 3. The molecule has 7 nitrogen and oxygen atoms in total. The Morgan fingerprint density at radius 1 is 1.20 bits per heavy atom. The van der Waals surface area contributed by atoms with Crippen LogP contribution in [0.2, 0.25) is 0 Å². The first-order valence-corrected chi connectivity index (χ1v) is 9.06. The Morgan fingerprint density at radius 3 is 2.83 bits per heavy atom. The monoisotopic (exact) mass is 397 g/mol. The van der Waals surface area contributed by atoms with Gasteiger partial charge in [-0.2, -0.15) is 10.3 Å². The number of nitrogens with zero attached hydrogens (tertiary/aromatic N) is 3. The van der Waals surface area contributed by atoms with Crippen LogP contribution < -0.4 is 0 Å². The molecular weight excluding hydrogens is 382 g/mol. The van der Waals surface area contributed by atoms with E-state index >= 15 is 0 Å². The molecule has 0 bridgehead atoms. The van der Waals surface area contributed by atoms with Crippen molar-refractivity contribution < 1.29 is 18.7 Å². The van der Waals surface area contributed by atoms with E-state index in [0.717, 1.165) is 0 Å². The number of carbonyl (C=O) groups excluding carboxylic acids is 2. The molecule has 0 saturated carbocycles. The van der Waals surface area contributed by atoms with Crippen LogP contribution in [0.3, 0.4) is 0 Å². The van der Waals surface area contributed by atoms with E-state index in [1.807, 2.05) is 6.07 Å². The lowest BCUT2D eigenvalue weighted by molar-refractivity contribution is -0.118. The Kier molecular flexibility index (Phi) is 5.06. The van der Waals surface area contributed by atoms with Crippen molar-refractivity contribution >= 4 is 29.5 Å². The number of ether oxygens (including phenoxy) is 1. The first kappa shape index (κ1) is 19.0. The zero-order valence-corrected chi connectivity index (χ0v) is 15.9. The van der Waals surface area contributed by atoms with Crippen molar-refractivity contribution in [1.29, 1.82) is 5.26 Å². The summed E-state index contributed by atoms with van der Waals surface area (Å²) >= 11 is 0. The van der Waals surface area contributed by atoms with E-state index in [1.165, 1.54) is 13.2 Å². The van der Waals surface area contributed by atoms with E-state index in [9.17, 15) is 14.9 Å². The molecule has 1 aromatic heterocycles. The van der Waals surface area contributed by atoms with Crippen LogP contribution >= 0.6 is 0 Å². The van der Waals surface area contributed by atoms with E-state index < -0.39 is 11.9 Å². The second kappa shape index (κ2) is 7.97. The van der Waals surface area contributed by atoms with Gasteiger partial charge < -0.3 is 9.15 Å². The molecule has 1 amide bonds. The van der Waals surface area contributed by atoms with Gasteiger partial charge in [-0.15, -0.1) is 0 Å². The number of furan rings is 1. The zero-order chi connectivity index (χ0) is 21.1. The molecule has 7 heteroatoms. The van der Waals surface area contributed by atoms with Crippen molar-refractivity contribution in [2.75, 3.05) is 7.11 Å². The van der Waals surface area contributed by atoms with Crippen molar-refractivity contribution in [3.8, 4) is 17.4 Å². The van der Waals surface area contributed by atoms with Gasteiger partial charge in [0, 0.05) is 11.6 Å². The Hall–Kier alpha value is -4.31. The van der Waals surface area contributed by atoms with Crippen molar-refractivity contribution in [3.05, 3.63) is 77.6 Å². The van der Waals surface area contributed by atoms with Crippen LogP contribution in [0.25, 0.3) is 17.4 Å². The maximum Gasteiger partial charge on any atom is 0.338 e. The number of rotatable bonds is 4. The number of methoxy groups -OCH3 is 1. The van der Waals surface area contributed by atoms with Crippen LogP contribution in [-0.2, 0) is 9.53 Å². The predicted molar refractivity (Wildman–Crippen MR) is 111 cm³/mol. The van der Waals surface area contributed by atoms with Gasteiger partial charge in [0.2, 0.25) is 0 Å². The third kappa shape index (κ3) is 3.54. The molecule has 0 saturated heterocycles. The number of aliphatic imine (C=N–C) groups is 2. The van der Waals surface area contributed by atoms with Crippen molar-refractivity contribution in [2.45, 2.75) is 0 Å². The predicted octanol–water partition coefficient (Wildman–Crippen LogP) is 3.76. The molecule has 0 radical (unpaired) electrons. The largest absolute Gasteiger partial charge is 0.465 e. The SMILES string of the molecule is COC(=O)c1ccccc1-c1ccc(/C=C(\C#N)C2=NC(=O)C3C=CC=CC3=N2)o1. The molecule has 2 aliphatic rings. The molecule has 1 aliphatic heterocycles.